The van der Waals surface area contributed by atoms with Crippen LogP contribution in [0.15, 0.2) is 30.3 Å². The maximum Gasteiger partial charge on any atom is 0.223 e. The number of nitrogens with two attached hydrogens (primary N) is 1. The van der Waals surface area contributed by atoms with Crippen molar-refractivity contribution in [3.05, 3.63) is 36.0 Å². The summed E-state index contributed by atoms with van der Waals surface area (Å²) in [6, 6.07) is 10.1. The summed E-state index contributed by atoms with van der Waals surface area (Å²) in [7, 11) is 0. The van der Waals surface area contributed by atoms with Crippen LogP contribution in [0, 0.1) is 0 Å². The molecule has 0 bridgehead atoms. The molecule has 4 rings (SSSR count). The zero-order chi connectivity index (χ0) is 20.2. The number of para-hydroxylation sites is 1. The molecule has 29 heavy (non-hydrogen) atoms. The minimum atomic E-state index is 0.227. The molecule has 6 nitrogen and oxygen atoms in total. The molecule has 0 aliphatic carbocycles. The van der Waals surface area contributed by atoms with E-state index < -0.39 is 0 Å². The average Bonchev–Trinajstić information content (AvgIpc) is 2.77. The monoisotopic (exact) mass is 395 g/mol. The Morgan fingerprint density at radius 2 is 1.90 bits per heavy atom. The molecule has 1 unspecified atom stereocenters. The first-order valence-corrected chi connectivity index (χ1v) is 11.0. The molecule has 2 N–H and O–H groups in total. The Kier molecular flexibility index (Phi) is 6.31. The Morgan fingerprint density at radius 3 is 2.69 bits per heavy atom. The molecular formula is C23H33N5O. The highest BCUT2D eigenvalue weighted by atomic mass is 16.2. The fourth-order valence-electron chi connectivity index (χ4n) is 4.64. The molecule has 6 heteroatoms. The number of amides is 1. The topological polar surface area (TPSA) is 65.7 Å². The number of carbonyl (C=O) groups is 1. The lowest BCUT2D eigenvalue weighted by atomic mass is 9.92. The lowest BCUT2D eigenvalue weighted by molar-refractivity contribution is -0.132. The van der Waals surface area contributed by atoms with Gasteiger partial charge in [-0.1, -0.05) is 25.1 Å². The van der Waals surface area contributed by atoms with Gasteiger partial charge >= 0.3 is 0 Å². The van der Waals surface area contributed by atoms with Crippen molar-refractivity contribution < 1.29 is 4.79 Å². The van der Waals surface area contributed by atoms with E-state index in [1.54, 1.807) is 0 Å². The highest BCUT2D eigenvalue weighted by Gasteiger charge is 2.27. The van der Waals surface area contributed by atoms with E-state index >= 15 is 0 Å². The SMILES string of the molecule is CCN1CCN(CCC(=O)N2CCCC(c3nc4ccccc4cc3N)C2)CC1. The number of piperazine rings is 1. The van der Waals surface area contributed by atoms with Crippen molar-refractivity contribution in [1.29, 1.82) is 0 Å². The maximum absolute atomic E-state index is 12.9. The maximum atomic E-state index is 12.9. The van der Waals surface area contributed by atoms with E-state index in [2.05, 4.69) is 16.7 Å². The number of carbonyl (C=O) groups excluding carboxylic acids is 1. The third-order valence-electron chi connectivity index (χ3n) is 6.50. The predicted octanol–water partition coefficient (Wildman–Crippen LogP) is 2.55. The molecule has 1 aromatic heterocycles. The summed E-state index contributed by atoms with van der Waals surface area (Å²) < 4.78 is 0. The predicted molar refractivity (Wildman–Crippen MR) is 118 cm³/mol. The number of likely N-dealkylation sites (tertiary alicyclic amines) is 1. The fraction of sp³-hybridized carbons (Fsp3) is 0.565. The second-order valence-corrected chi connectivity index (χ2v) is 8.36. The second-order valence-electron chi connectivity index (χ2n) is 8.36. The first kappa shape index (κ1) is 20.1. The average molecular weight is 396 g/mol. The van der Waals surface area contributed by atoms with Crippen LogP contribution >= 0.6 is 0 Å². The summed E-state index contributed by atoms with van der Waals surface area (Å²) in [6.07, 6.45) is 2.66. The Morgan fingerprint density at radius 1 is 1.14 bits per heavy atom. The van der Waals surface area contributed by atoms with Crippen molar-refractivity contribution in [2.24, 2.45) is 0 Å². The molecular weight excluding hydrogens is 362 g/mol. The first-order valence-electron chi connectivity index (χ1n) is 11.0. The first-order chi connectivity index (χ1) is 14.1. The second kappa shape index (κ2) is 9.09. The molecule has 156 valence electrons. The van der Waals surface area contributed by atoms with Crippen molar-refractivity contribution in [3.63, 3.8) is 0 Å². The summed E-state index contributed by atoms with van der Waals surface area (Å²) in [6.45, 7) is 10.2. The number of nitrogens with zero attached hydrogens (tertiary/aromatic N) is 4. The van der Waals surface area contributed by atoms with Gasteiger partial charge in [0, 0.05) is 63.5 Å². The number of pyridine rings is 1. The Bertz CT molecular complexity index is 846. The van der Waals surface area contributed by atoms with Crippen LogP contribution in [0.5, 0.6) is 0 Å². The largest absolute Gasteiger partial charge is 0.397 e. The molecule has 2 aliphatic heterocycles. The van der Waals surface area contributed by atoms with Gasteiger partial charge in [0.15, 0.2) is 0 Å². The van der Waals surface area contributed by atoms with Crippen molar-refractivity contribution >= 4 is 22.5 Å². The van der Waals surface area contributed by atoms with Gasteiger partial charge in [-0.2, -0.15) is 0 Å². The summed E-state index contributed by atoms with van der Waals surface area (Å²) in [5, 5.41) is 1.07. The number of benzene rings is 1. The number of hydrogen-bond acceptors (Lipinski definition) is 5. The van der Waals surface area contributed by atoms with Crippen LogP contribution in [-0.2, 0) is 4.79 Å². The van der Waals surface area contributed by atoms with Crippen LogP contribution in [0.25, 0.3) is 10.9 Å². The van der Waals surface area contributed by atoms with Crippen molar-refractivity contribution in [1.82, 2.24) is 19.7 Å². The highest BCUT2D eigenvalue weighted by molar-refractivity contribution is 5.82. The molecule has 3 heterocycles. The van der Waals surface area contributed by atoms with Gasteiger partial charge in [-0.05, 0) is 31.5 Å². The third kappa shape index (κ3) is 4.70. The highest BCUT2D eigenvalue weighted by Crippen LogP contribution is 2.31. The molecule has 2 fully saturated rings. The number of fused-ring (bicyclic) bond motifs is 1. The molecule has 0 saturated carbocycles. The minimum Gasteiger partial charge on any atom is -0.397 e. The van der Waals surface area contributed by atoms with Gasteiger partial charge in [-0.25, -0.2) is 0 Å². The Labute approximate surface area is 173 Å². The van der Waals surface area contributed by atoms with Gasteiger partial charge in [-0.3, -0.25) is 9.78 Å². The van der Waals surface area contributed by atoms with E-state index in [0.717, 1.165) is 87.5 Å². The molecule has 2 aromatic rings. The number of likely N-dealkylation sites (N-methyl/N-ethyl adjacent to an activating group) is 1. The van der Waals surface area contributed by atoms with E-state index in [0.29, 0.717) is 6.42 Å². The number of anilines is 1. The molecule has 1 amide bonds. The van der Waals surface area contributed by atoms with E-state index in [1.807, 2.05) is 35.2 Å². The fourth-order valence-corrected chi connectivity index (χ4v) is 4.64. The van der Waals surface area contributed by atoms with Crippen LogP contribution in [-0.4, -0.2) is 77.9 Å². The quantitative estimate of drug-likeness (QED) is 0.843. The normalized spacial score (nSPS) is 21.6. The number of hydrogen-bond donors (Lipinski definition) is 1. The smallest absolute Gasteiger partial charge is 0.223 e. The van der Waals surface area contributed by atoms with Gasteiger partial charge in [-0.15, -0.1) is 0 Å². The van der Waals surface area contributed by atoms with Crippen molar-refractivity contribution in [3.8, 4) is 0 Å². The van der Waals surface area contributed by atoms with Gasteiger partial charge in [0.25, 0.3) is 0 Å². The van der Waals surface area contributed by atoms with Crippen LogP contribution < -0.4 is 5.73 Å². The van der Waals surface area contributed by atoms with Gasteiger partial charge < -0.3 is 20.4 Å². The minimum absolute atomic E-state index is 0.227. The van der Waals surface area contributed by atoms with E-state index in [9.17, 15) is 4.79 Å². The van der Waals surface area contributed by atoms with E-state index in [-0.39, 0.29) is 11.8 Å². The zero-order valence-corrected chi connectivity index (χ0v) is 17.5. The number of nitrogen functional groups attached to an aromatic ring is 1. The zero-order valence-electron chi connectivity index (χ0n) is 17.5. The van der Waals surface area contributed by atoms with Gasteiger partial charge in [0.2, 0.25) is 5.91 Å². The van der Waals surface area contributed by atoms with Crippen molar-refractivity contribution in [2.75, 3.05) is 58.1 Å². The van der Waals surface area contributed by atoms with Crippen LogP contribution in [0.4, 0.5) is 5.69 Å². The van der Waals surface area contributed by atoms with Crippen LogP contribution in [0.2, 0.25) is 0 Å². The Hall–Kier alpha value is -2.18. The molecule has 0 spiro atoms. The molecule has 2 saturated heterocycles. The van der Waals surface area contributed by atoms with Crippen molar-refractivity contribution in [2.45, 2.75) is 32.1 Å². The van der Waals surface area contributed by atoms with Crippen LogP contribution in [0.1, 0.15) is 37.8 Å². The molecule has 2 aliphatic rings. The molecule has 1 atom stereocenters. The summed E-state index contributed by atoms with van der Waals surface area (Å²) in [5.74, 6) is 0.498. The summed E-state index contributed by atoms with van der Waals surface area (Å²) in [5.41, 5.74) is 9.02. The van der Waals surface area contributed by atoms with E-state index in [1.165, 1.54) is 0 Å². The Balaban J connectivity index is 1.36. The lowest BCUT2D eigenvalue weighted by Gasteiger charge is -2.35. The molecule has 0 radical (unpaired) electrons. The van der Waals surface area contributed by atoms with Gasteiger partial charge in [0.05, 0.1) is 16.9 Å². The van der Waals surface area contributed by atoms with Crippen LogP contribution in [0.3, 0.4) is 0 Å². The number of aromatic nitrogens is 1. The number of rotatable bonds is 5. The summed E-state index contributed by atoms with van der Waals surface area (Å²) in [4.78, 5) is 24.6. The standard InChI is InChI=1S/C23H33N5O/c1-2-26-12-14-27(15-13-26)11-9-22(29)28-10-5-7-19(17-28)23-20(24)16-18-6-3-4-8-21(18)25-23/h3-4,6,8,16,19H,2,5,7,9-15,17,24H2,1H3. The summed E-state index contributed by atoms with van der Waals surface area (Å²) >= 11 is 0. The lowest BCUT2D eigenvalue weighted by Crippen LogP contribution is -2.47. The molecule has 1 aromatic carbocycles. The number of piperidine rings is 1. The van der Waals surface area contributed by atoms with E-state index in [4.69, 9.17) is 10.7 Å². The van der Waals surface area contributed by atoms with Gasteiger partial charge in [0.1, 0.15) is 0 Å². The third-order valence-corrected chi connectivity index (χ3v) is 6.50.